The molecule has 1 aromatic rings. The molecule has 0 aliphatic heterocycles. The Morgan fingerprint density at radius 1 is 1.38 bits per heavy atom. The molecule has 0 heterocycles. The highest BCUT2D eigenvalue weighted by atomic mass is 79.9. The lowest BCUT2D eigenvalue weighted by molar-refractivity contribution is 0.432. The van der Waals surface area contributed by atoms with Crippen molar-refractivity contribution in [2.45, 2.75) is 4.90 Å². The first-order valence-electron chi connectivity index (χ1n) is 4.75. The summed E-state index contributed by atoms with van der Waals surface area (Å²) in [6, 6.07) is 4.72. The largest absolute Gasteiger partial charge is 0.399 e. The SMILES string of the molecule is CN(C)CCS(=O)(=O)c1ccc(N)cc1Br. The molecule has 0 atom stereocenters. The van der Waals surface area contributed by atoms with Gasteiger partial charge in [0.1, 0.15) is 0 Å². The van der Waals surface area contributed by atoms with E-state index < -0.39 is 9.84 Å². The summed E-state index contributed by atoms with van der Waals surface area (Å²) < 4.78 is 24.5. The van der Waals surface area contributed by atoms with Crippen LogP contribution in [0.2, 0.25) is 0 Å². The van der Waals surface area contributed by atoms with Crippen LogP contribution in [0.4, 0.5) is 5.69 Å². The number of benzene rings is 1. The third kappa shape index (κ3) is 3.47. The normalized spacial score (nSPS) is 12.0. The fourth-order valence-corrected chi connectivity index (χ4v) is 3.78. The number of halogens is 1. The highest BCUT2D eigenvalue weighted by Crippen LogP contribution is 2.25. The van der Waals surface area contributed by atoms with Gasteiger partial charge in [0.25, 0.3) is 0 Å². The van der Waals surface area contributed by atoms with E-state index in [2.05, 4.69) is 15.9 Å². The van der Waals surface area contributed by atoms with Gasteiger partial charge in [-0.15, -0.1) is 0 Å². The molecule has 0 aliphatic carbocycles. The molecule has 0 radical (unpaired) electrons. The summed E-state index contributed by atoms with van der Waals surface area (Å²) in [7, 11) is 0.435. The quantitative estimate of drug-likeness (QED) is 0.853. The van der Waals surface area contributed by atoms with Gasteiger partial charge in [-0.05, 0) is 48.2 Å². The number of nitrogen functional groups attached to an aromatic ring is 1. The topological polar surface area (TPSA) is 63.4 Å². The van der Waals surface area contributed by atoms with E-state index in [1.165, 1.54) is 6.07 Å². The predicted molar refractivity (Wildman–Crippen MR) is 69.2 cm³/mol. The van der Waals surface area contributed by atoms with Gasteiger partial charge < -0.3 is 10.6 Å². The monoisotopic (exact) mass is 306 g/mol. The molecule has 0 bridgehead atoms. The summed E-state index contributed by atoms with van der Waals surface area (Å²) in [5, 5.41) is 0. The number of nitrogens with two attached hydrogens (primary N) is 1. The zero-order valence-electron chi connectivity index (χ0n) is 9.27. The van der Waals surface area contributed by atoms with E-state index in [0.717, 1.165) is 0 Å². The molecule has 0 aliphatic rings. The Morgan fingerprint density at radius 3 is 2.50 bits per heavy atom. The molecule has 90 valence electrons. The molecule has 4 nitrogen and oxygen atoms in total. The highest BCUT2D eigenvalue weighted by Gasteiger charge is 2.17. The van der Waals surface area contributed by atoms with Crippen molar-refractivity contribution in [2.24, 2.45) is 0 Å². The fourth-order valence-electron chi connectivity index (χ4n) is 1.18. The maximum Gasteiger partial charge on any atom is 0.180 e. The third-order valence-corrected chi connectivity index (χ3v) is 4.76. The van der Waals surface area contributed by atoms with Crippen LogP contribution < -0.4 is 5.73 Å². The molecule has 0 fully saturated rings. The average Bonchev–Trinajstić information content (AvgIpc) is 2.14. The smallest absolute Gasteiger partial charge is 0.180 e. The molecule has 16 heavy (non-hydrogen) atoms. The molecule has 0 aromatic heterocycles. The Hall–Kier alpha value is -0.590. The van der Waals surface area contributed by atoms with Crippen molar-refractivity contribution in [2.75, 3.05) is 32.1 Å². The molecule has 0 saturated carbocycles. The van der Waals surface area contributed by atoms with Gasteiger partial charge in [-0.25, -0.2) is 8.42 Å². The molecule has 0 spiro atoms. The summed E-state index contributed by atoms with van der Waals surface area (Å²) in [6.07, 6.45) is 0. The minimum atomic E-state index is -3.25. The van der Waals surface area contributed by atoms with E-state index in [-0.39, 0.29) is 5.75 Å². The van der Waals surface area contributed by atoms with E-state index in [9.17, 15) is 8.42 Å². The fraction of sp³-hybridized carbons (Fsp3) is 0.400. The number of hydrogen-bond acceptors (Lipinski definition) is 4. The molecular weight excluding hydrogens is 292 g/mol. The minimum absolute atomic E-state index is 0.0997. The van der Waals surface area contributed by atoms with E-state index in [0.29, 0.717) is 21.6 Å². The van der Waals surface area contributed by atoms with Crippen LogP contribution in [0, 0.1) is 0 Å². The number of sulfone groups is 1. The lowest BCUT2D eigenvalue weighted by Crippen LogP contribution is -2.22. The molecule has 1 aromatic carbocycles. The predicted octanol–water partition coefficient (Wildman–Crippen LogP) is 1.37. The highest BCUT2D eigenvalue weighted by molar-refractivity contribution is 9.10. The van der Waals surface area contributed by atoms with Crippen LogP contribution in [0.25, 0.3) is 0 Å². The van der Waals surface area contributed by atoms with Gasteiger partial charge in [-0.1, -0.05) is 0 Å². The zero-order chi connectivity index (χ0) is 12.3. The van der Waals surface area contributed by atoms with Gasteiger partial charge in [0.2, 0.25) is 0 Å². The second-order valence-corrected chi connectivity index (χ2v) is 6.74. The van der Waals surface area contributed by atoms with Crippen LogP contribution in [0.3, 0.4) is 0 Å². The number of hydrogen-bond donors (Lipinski definition) is 1. The maximum absolute atomic E-state index is 12.0. The van der Waals surface area contributed by atoms with E-state index in [4.69, 9.17) is 5.73 Å². The van der Waals surface area contributed by atoms with E-state index in [1.54, 1.807) is 12.1 Å². The number of nitrogens with zero attached hydrogens (tertiary/aromatic N) is 1. The van der Waals surface area contributed by atoms with Crippen LogP contribution in [0.15, 0.2) is 27.6 Å². The van der Waals surface area contributed by atoms with Crippen molar-refractivity contribution in [3.8, 4) is 0 Å². The first kappa shape index (κ1) is 13.5. The maximum atomic E-state index is 12.0. The molecule has 1 rings (SSSR count). The first-order chi connectivity index (χ1) is 7.33. The summed E-state index contributed by atoms with van der Waals surface area (Å²) in [6.45, 7) is 0.499. The Labute approximate surface area is 104 Å². The molecule has 0 unspecified atom stereocenters. The van der Waals surface area contributed by atoms with Crippen LogP contribution in [-0.4, -0.2) is 39.7 Å². The molecule has 0 amide bonds. The summed E-state index contributed by atoms with van der Waals surface area (Å²) in [4.78, 5) is 2.13. The molecular formula is C10H15BrN2O2S. The third-order valence-electron chi connectivity index (χ3n) is 2.10. The van der Waals surface area contributed by atoms with Crippen molar-refractivity contribution in [1.82, 2.24) is 4.90 Å². The Balaban J connectivity index is 2.99. The van der Waals surface area contributed by atoms with Gasteiger partial charge in [0, 0.05) is 16.7 Å². The second-order valence-electron chi connectivity index (χ2n) is 3.81. The van der Waals surface area contributed by atoms with E-state index in [1.807, 2.05) is 19.0 Å². The number of rotatable bonds is 4. The van der Waals surface area contributed by atoms with E-state index >= 15 is 0 Å². The zero-order valence-corrected chi connectivity index (χ0v) is 11.7. The first-order valence-corrected chi connectivity index (χ1v) is 7.20. The van der Waals surface area contributed by atoms with Gasteiger partial charge in [0.05, 0.1) is 10.6 Å². The van der Waals surface area contributed by atoms with Gasteiger partial charge >= 0.3 is 0 Å². The van der Waals surface area contributed by atoms with Crippen LogP contribution >= 0.6 is 15.9 Å². The standard InChI is InChI=1S/C10H15BrN2O2S/c1-13(2)5-6-16(14,15)10-4-3-8(12)7-9(10)11/h3-4,7H,5-6,12H2,1-2H3. The van der Waals surface area contributed by atoms with Crippen LogP contribution in [0.5, 0.6) is 0 Å². The van der Waals surface area contributed by atoms with Crippen molar-refractivity contribution >= 4 is 31.5 Å². The minimum Gasteiger partial charge on any atom is -0.399 e. The molecule has 6 heteroatoms. The molecule has 2 N–H and O–H groups in total. The Bertz CT molecular complexity index is 472. The van der Waals surface area contributed by atoms with Crippen LogP contribution in [-0.2, 0) is 9.84 Å². The van der Waals surface area contributed by atoms with Gasteiger partial charge in [-0.3, -0.25) is 0 Å². The number of anilines is 1. The summed E-state index contributed by atoms with van der Waals surface area (Å²) in [5.74, 6) is 0.0997. The van der Waals surface area contributed by atoms with Crippen molar-refractivity contribution in [1.29, 1.82) is 0 Å². The van der Waals surface area contributed by atoms with Crippen LogP contribution in [0.1, 0.15) is 0 Å². The molecule has 0 saturated heterocycles. The van der Waals surface area contributed by atoms with Gasteiger partial charge in [-0.2, -0.15) is 0 Å². The van der Waals surface area contributed by atoms with Crippen molar-refractivity contribution in [3.05, 3.63) is 22.7 Å². The van der Waals surface area contributed by atoms with Crippen molar-refractivity contribution < 1.29 is 8.42 Å². The summed E-state index contributed by atoms with van der Waals surface area (Å²) in [5.41, 5.74) is 6.10. The Morgan fingerprint density at radius 2 is 2.00 bits per heavy atom. The van der Waals surface area contributed by atoms with Crippen molar-refractivity contribution in [3.63, 3.8) is 0 Å². The lowest BCUT2D eigenvalue weighted by atomic mass is 10.3. The Kier molecular flexibility index (Phi) is 4.35. The van der Waals surface area contributed by atoms with Gasteiger partial charge in [0.15, 0.2) is 9.84 Å². The average molecular weight is 307 g/mol. The lowest BCUT2D eigenvalue weighted by Gasteiger charge is -2.11. The summed E-state index contributed by atoms with van der Waals surface area (Å²) >= 11 is 3.22. The second kappa shape index (κ2) is 5.16.